The summed E-state index contributed by atoms with van der Waals surface area (Å²) in [6, 6.07) is 3.17. The second-order valence-electron chi connectivity index (χ2n) is 6.82. The third-order valence-electron chi connectivity index (χ3n) is 4.89. The maximum absolute atomic E-state index is 12.4. The van der Waals surface area contributed by atoms with E-state index in [2.05, 4.69) is 5.32 Å². The number of nitrogens with one attached hydrogen (secondary N) is 1. The highest BCUT2D eigenvalue weighted by Gasteiger charge is 2.38. The summed E-state index contributed by atoms with van der Waals surface area (Å²) in [6.07, 6.45) is 0.534. The second-order valence-corrected chi connectivity index (χ2v) is 7.19. The molecule has 0 aliphatic carbocycles. The molecule has 1 saturated heterocycles. The van der Waals surface area contributed by atoms with E-state index in [1.807, 2.05) is 0 Å². The molecular formula is C18H19ClN4O7. The zero-order valence-electron chi connectivity index (χ0n) is 15.8. The molecule has 1 N–H and O–H groups in total. The molecular weight excluding hydrogens is 420 g/mol. The Balaban J connectivity index is 1.53. The van der Waals surface area contributed by atoms with Crippen LogP contribution in [0.2, 0.25) is 0 Å². The molecule has 11 nitrogen and oxygen atoms in total. The van der Waals surface area contributed by atoms with Crippen LogP contribution in [-0.4, -0.2) is 76.7 Å². The van der Waals surface area contributed by atoms with Gasteiger partial charge in [0.05, 0.1) is 21.9 Å². The first-order valence-electron chi connectivity index (χ1n) is 9.23. The molecule has 160 valence electrons. The number of carbonyl (C=O) groups is 4. The third kappa shape index (κ3) is 4.51. The Morgan fingerprint density at radius 1 is 1.20 bits per heavy atom. The molecule has 0 atom stereocenters. The lowest BCUT2D eigenvalue weighted by atomic mass is 10.1. The van der Waals surface area contributed by atoms with E-state index in [9.17, 15) is 29.3 Å². The average molecular weight is 439 g/mol. The van der Waals surface area contributed by atoms with Crippen molar-refractivity contribution in [3.8, 4) is 0 Å². The van der Waals surface area contributed by atoms with Crippen LogP contribution in [0.1, 0.15) is 33.6 Å². The largest absolute Gasteiger partial charge is 0.448 e. The van der Waals surface area contributed by atoms with Gasteiger partial charge in [-0.1, -0.05) is 0 Å². The maximum Gasteiger partial charge on any atom is 0.409 e. The Bertz CT molecular complexity index is 899. The summed E-state index contributed by atoms with van der Waals surface area (Å²) in [4.78, 5) is 61.5. The smallest absolute Gasteiger partial charge is 0.409 e. The molecule has 1 aromatic rings. The van der Waals surface area contributed by atoms with Crippen molar-refractivity contribution in [3.63, 3.8) is 0 Å². The first-order valence-corrected chi connectivity index (χ1v) is 9.77. The van der Waals surface area contributed by atoms with Crippen LogP contribution < -0.4 is 5.32 Å². The molecule has 12 heteroatoms. The van der Waals surface area contributed by atoms with E-state index in [0.29, 0.717) is 25.9 Å². The number of nitro groups is 1. The topological polar surface area (TPSA) is 139 Å². The van der Waals surface area contributed by atoms with Gasteiger partial charge in [0.2, 0.25) is 5.91 Å². The van der Waals surface area contributed by atoms with E-state index in [0.717, 1.165) is 17.0 Å². The zero-order valence-corrected chi connectivity index (χ0v) is 16.6. The highest BCUT2D eigenvalue weighted by atomic mass is 35.5. The zero-order chi connectivity index (χ0) is 21.8. The Hall–Kier alpha value is -3.21. The van der Waals surface area contributed by atoms with Gasteiger partial charge >= 0.3 is 6.09 Å². The molecule has 2 aliphatic heterocycles. The van der Waals surface area contributed by atoms with Crippen molar-refractivity contribution in [1.29, 1.82) is 0 Å². The van der Waals surface area contributed by atoms with Crippen LogP contribution in [0, 0.1) is 10.1 Å². The number of non-ortho nitro benzene ring substituents is 1. The monoisotopic (exact) mass is 438 g/mol. The van der Waals surface area contributed by atoms with Crippen LogP contribution in [0.15, 0.2) is 18.2 Å². The number of nitro benzene ring substituents is 1. The SMILES string of the molecule is O=C(CN1C(=O)c2ccc([N+](=O)[O-])cc2C1=O)NC1CCN(C(=O)OCCCl)CC1. The van der Waals surface area contributed by atoms with Crippen LogP contribution in [0.4, 0.5) is 10.5 Å². The number of ether oxygens (including phenoxy) is 1. The minimum atomic E-state index is -0.745. The summed E-state index contributed by atoms with van der Waals surface area (Å²) < 4.78 is 4.96. The number of piperidine rings is 1. The van der Waals surface area contributed by atoms with Gasteiger partial charge in [-0.15, -0.1) is 11.6 Å². The molecule has 0 bridgehead atoms. The number of fused-ring (bicyclic) bond motifs is 1. The van der Waals surface area contributed by atoms with Gasteiger partial charge in [0, 0.05) is 31.3 Å². The van der Waals surface area contributed by atoms with E-state index in [1.54, 1.807) is 0 Å². The number of rotatable bonds is 6. The molecule has 30 heavy (non-hydrogen) atoms. The predicted octanol–water partition coefficient (Wildman–Crippen LogP) is 1.15. The average Bonchev–Trinajstić information content (AvgIpc) is 2.96. The van der Waals surface area contributed by atoms with Crippen LogP contribution in [-0.2, 0) is 9.53 Å². The Kier molecular flexibility index (Phi) is 6.50. The van der Waals surface area contributed by atoms with Crippen LogP contribution >= 0.6 is 11.6 Å². The predicted molar refractivity (Wildman–Crippen MR) is 103 cm³/mol. The number of likely N-dealkylation sites (tertiary alicyclic amines) is 1. The fraction of sp³-hybridized carbons (Fsp3) is 0.444. The molecule has 2 heterocycles. The van der Waals surface area contributed by atoms with Gasteiger partial charge in [0.15, 0.2) is 0 Å². The van der Waals surface area contributed by atoms with E-state index < -0.39 is 35.3 Å². The van der Waals surface area contributed by atoms with Crippen molar-refractivity contribution in [3.05, 3.63) is 39.4 Å². The fourth-order valence-corrected chi connectivity index (χ4v) is 3.45. The summed E-state index contributed by atoms with van der Waals surface area (Å²) in [5.41, 5.74) is -0.370. The third-order valence-corrected chi connectivity index (χ3v) is 5.04. The lowest BCUT2D eigenvalue weighted by Crippen LogP contribution is -2.49. The summed E-state index contributed by atoms with van der Waals surface area (Å²) in [5, 5.41) is 13.6. The number of carbonyl (C=O) groups excluding carboxylic acids is 4. The van der Waals surface area contributed by atoms with Crippen molar-refractivity contribution in [1.82, 2.24) is 15.1 Å². The standard InChI is InChI=1S/C18H19ClN4O7/c19-5-8-30-18(27)21-6-3-11(4-7-21)20-15(24)10-22-16(25)13-2-1-12(23(28)29)9-14(13)17(22)26/h1-2,9,11H,3-8,10H2,(H,20,24). The van der Waals surface area contributed by atoms with E-state index in [4.69, 9.17) is 16.3 Å². The quantitative estimate of drug-likeness (QED) is 0.304. The molecule has 3 rings (SSSR count). The van der Waals surface area contributed by atoms with Crippen molar-refractivity contribution in [2.75, 3.05) is 32.1 Å². The summed E-state index contributed by atoms with van der Waals surface area (Å²) >= 11 is 5.48. The fourth-order valence-electron chi connectivity index (χ4n) is 3.38. The highest BCUT2D eigenvalue weighted by Crippen LogP contribution is 2.26. The molecule has 2 aliphatic rings. The molecule has 0 radical (unpaired) electrons. The molecule has 0 aromatic heterocycles. The number of hydrogen-bond acceptors (Lipinski definition) is 7. The number of hydrogen-bond donors (Lipinski definition) is 1. The van der Waals surface area contributed by atoms with Crippen LogP contribution in [0.3, 0.4) is 0 Å². The molecule has 0 spiro atoms. The normalized spacial score (nSPS) is 16.4. The number of amides is 4. The first-order chi connectivity index (χ1) is 14.3. The number of imide groups is 1. The summed E-state index contributed by atoms with van der Waals surface area (Å²) in [7, 11) is 0. The van der Waals surface area contributed by atoms with Crippen molar-refractivity contribution < 1.29 is 28.8 Å². The molecule has 1 fully saturated rings. The van der Waals surface area contributed by atoms with Gasteiger partial charge in [-0.05, 0) is 18.9 Å². The van der Waals surface area contributed by atoms with Gasteiger partial charge in [-0.2, -0.15) is 0 Å². The maximum atomic E-state index is 12.4. The van der Waals surface area contributed by atoms with Crippen molar-refractivity contribution in [2.45, 2.75) is 18.9 Å². The Morgan fingerprint density at radius 3 is 2.50 bits per heavy atom. The van der Waals surface area contributed by atoms with E-state index in [1.165, 1.54) is 11.0 Å². The number of alkyl halides is 1. The molecule has 0 unspecified atom stereocenters. The Labute approximate surface area is 176 Å². The van der Waals surface area contributed by atoms with Gasteiger partial charge in [0.1, 0.15) is 13.2 Å². The van der Waals surface area contributed by atoms with Gasteiger partial charge in [-0.25, -0.2) is 4.79 Å². The lowest BCUT2D eigenvalue weighted by molar-refractivity contribution is -0.384. The molecule has 1 aromatic carbocycles. The minimum Gasteiger partial charge on any atom is -0.448 e. The number of halogens is 1. The first kappa shape index (κ1) is 21.5. The second kappa shape index (κ2) is 9.08. The minimum absolute atomic E-state index is 0.0298. The highest BCUT2D eigenvalue weighted by molar-refractivity contribution is 6.22. The van der Waals surface area contributed by atoms with E-state index >= 15 is 0 Å². The summed E-state index contributed by atoms with van der Waals surface area (Å²) in [5.74, 6) is -1.73. The van der Waals surface area contributed by atoms with Gasteiger partial charge in [-0.3, -0.25) is 29.4 Å². The summed E-state index contributed by atoms with van der Waals surface area (Å²) in [6.45, 7) is 0.421. The van der Waals surface area contributed by atoms with Crippen LogP contribution in [0.25, 0.3) is 0 Å². The van der Waals surface area contributed by atoms with Crippen molar-refractivity contribution >= 4 is 41.1 Å². The van der Waals surface area contributed by atoms with E-state index in [-0.39, 0.29) is 35.3 Å². The lowest BCUT2D eigenvalue weighted by Gasteiger charge is -2.31. The van der Waals surface area contributed by atoms with Crippen LogP contribution in [0.5, 0.6) is 0 Å². The number of nitrogens with zero attached hydrogens (tertiary/aromatic N) is 3. The van der Waals surface area contributed by atoms with Gasteiger partial charge < -0.3 is 15.0 Å². The Morgan fingerprint density at radius 2 is 1.87 bits per heavy atom. The molecule has 4 amide bonds. The van der Waals surface area contributed by atoms with Gasteiger partial charge in [0.25, 0.3) is 17.5 Å². The molecule has 0 saturated carbocycles. The number of benzene rings is 1. The van der Waals surface area contributed by atoms with Crippen molar-refractivity contribution in [2.24, 2.45) is 0 Å².